The van der Waals surface area contributed by atoms with Gasteiger partial charge in [-0.3, -0.25) is 19.6 Å². The van der Waals surface area contributed by atoms with Crippen molar-refractivity contribution in [2.75, 3.05) is 25.0 Å². The van der Waals surface area contributed by atoms with Gasteiger partial charge in [0.05, 0.1) is 22.7 Å². The molecule has 2 aliphatic rings. The molecule has 0 atom stereocenters. The number of alkyl halides is 3. The lowest BCUT2D eigenvalue weighted by Gasteiger charge is -2.31. The van der Waals surface area contributed by atoms with Crippen LogP contribution in [0.2, 0.25) is 0 Å². The quantitative estimate of drug-likeness (QED) is 0.375. The van der Waals surface area contributed by atoms with Gasteiger partial charge in [0.1, 0.15) is 17.3 Å². The highest BCUT2D eigenvalue weighted by molar-refractivity contribution is 7.89. The molecule has 2 heterocycles. The van der Waals surface area contributed by atoms with Gasteiger partial charge >= 0.3 is 11.9 Å². The van der Waals surface area contributed by atoms with Crippen molar-refractivity contribution in [1.82, 2.24) is 19.4 Å². The zero-order valence-electron chi connectivity index (χ0n) is 19.1. The number of carbonyl (C=O) groups excluding carboxylic acids is 1. The van der Waals surface area contributed by atoms with Crippen LogP contribution in [-0.4, -0.2) is 59.0 Å². The second-order valence-corrected chi connectivity index (χ2v) is 10.7. The molecular weight excluding hydrogens is 505 g/mol. The number of aromatic nitrogens is 2. The molecule has 1 aromatic heterocycles. The monoisotopic (exact) mass is 530 g/mol. The van der Waals surface area contributed by atoms with Gasteiger partial charge in [0.25, 0.3) is 0 Å². The molecule has 1 aliphatic heterocycles. The van der Waals surface area contributed by atoms with E-state index in [1.54, 1.807) is 0 Å². The van der Waals surface area contributed by atoms with Gasteiger partial charge in [0, 0.05) is 31.6 Å². The second-order valence-electron chi connectivity index (χ2n) is 8.82. The first-order chi connectivity index (χ1) is 16.9. The molecule has 1 aromatic carbocycles. The summed E-state index contributed by atoms with van der Waals surface area (Å²) >= 11 is 0. The standard InChI is InChI=1S/C21H25F3N6O5S/c22-21(23,24)15-1-4-18(25-7-10-28-13-17(12-26-28)30(32)33)19(11-15)36(34,35)29-8-5-14(6-9-29)20(31)27-16-2-3-16/h1,4,11-14,16,25H,2-3,5-10H2,(H,27,31). The summed E-state index contributed by atoms with van der Waals surface area (Å²) in [7, 11) is -4.31. The normalized spacial score (nSPS) is 17.6. The lowest BCUT2D eigenvalue weighted by molar-refractivity contribution is -0.385. The summed E-state index contributed by atoms with van der Waals surface area (Å²) in [5.41, 5.74) is -1.35. The fraction of sp³-hybridized carbons (Fsp3) is 0.524. The number of nitrogens with one attached hydrogen (secondary N) is 2. The van der Waals surface area contributed by atoms with Crippen LogP contribution in [0.1, 0.15) is 31.2 Å². The highest BCUT2D eigenvalue weighted by Gasteiger charge is 2.37. The van der Waals surface area contributed by atoms with Crippen LogP contribution < -0.4 is 10.6 Å². The number of piperidine rings is 1. The van der Waals surface area contributed by atoms with Crippen LogP contribution in [0.15, 0.2) is 35.5 Å². The Morgan fingerprint density at radius 1 is 1.19 bits per heavy atom. The van der Waals surface area contributed by atoms with Gasteiger partial charge in [-0.1, -0.05) is 0 Å². The second kappa shape index (κ2) is 10.0. The number of nitro groups is 1. The number of hydrogen-bond donors (Lipinski definition) is 2. The first-order valence-electron chi connectivity index (χ1n) is 11.4. The van der Waals surface area contributed by atoms with Gasteiger partial charge < -0.3 is 10.6 Å². The van der Waals surface area contributed by atoms with E-state index in [1.807, 2.05) is 0 Å². The molecular formula is C21H25F3N6O5S. The van der Waals surface area contributed by atoms with Crippen molar-refractivity contribution in [3.63, 3.8) is 0 Å². The van der Waals surface area contributed by atoms with Crippen molar-refractivity contribution in [2.45, 2.75) is 49.3 Å². The number of amides is 1. The van der Waals surface area contributed by atoms with Crippen molar-refractivity contribution in [3.8, 4) is 0 Å². The predicted molar refractivity (Wildman–Crippen MR) is 121 cm³/mol. The van der Waals surface area contributed by atoms with Crippen LogP contribution in [0.25, 0.3) is 0 Å². The molecule has 2 fully saturated rings. The molecule has 0 spiro atoms. The minimum atomic E-state index is -4.75. The number of sulfonamides is 1. The average molecular weight is 531 g/mol. The van der Waals surface area contributed by atoms with Crippen molar-refractivity contribution in [1.29, 1.82) is 0 Å². The van der Waals surface area contributed by atoms with E-state index in [1.165, 1.54) is 10.9 Å². The Labute approximate surface area is 204 Å². The highest BCUT2D eigenvalue weighted by Crippen LogP contribution is 2.35. The molecule has 0 radical (unpaired) electrons. The van der Waals surface area contributed by atoms with Crippen LogP contribution in [-0.2, 0) is 27.5 Å². The Morgan fingerprint density at radius 2 is 1.89 bits per heavy atom. The number of carbonyl (C=O) groups is 1. The predicted octanol–water partition coefficient (Wildman–Crippen LogP) is 2.60. The maximum atomic E-state index is 13.4. The van der Waals surface area contributed by atoms with E-state index in [0.717, 1.165) is 35.5 Å². The average Bonchev–Trinajstić information content (AvgIpc) is 3.51. The number of halogens is 3. The van der Waals surface area contributed by atoms with Gasteiger partial charge in [-0.15, -0.1) is 0 Å². The molecule has 1 aliphatic carbocycles. The van der Waals surface area contributed by atoms with Crippen LogP contribution >= 0.6 is 0 Å². The molecule has 36 heavy (non-hydrogen) atoms. The van der Waals surface area contributed by atoms with Crippen molar-refractivity contribution >= 4 is 27.3 Å². The van der Waals surface area contributed by atoms with Crippen molar-refractivity contribution in [2.24, 2.45) is 5.92 Å². The number of nitrogens with zero attached hydrogens (tertiary/aromatic N) is 4. The number of anilines is 1. The van der Waals surface area contributed by atoms with Crippen LogP contribution in [0.5, 0.6) is 0 Å². The van der Waals surface area contributed by atoms with E-state index in [0.29, 0.717) is 6.07 Å². The number of benzene rings is 1. The minimum absolute atomic E-state index is 0.0116. The molecule has 1 amide bonds. The largest absolute Gasteiger partial charge is 0.416 e. The summed E-state index contributed by atoms with van der Waals surface area (Å²) in [6, 6.07) is 2.62. The summed E-state index contributed by atoms with van der Waals surface area (Å²) in [6.07, 6.45) is -0.0822. The number of hydrogen-bond acceptors (Lipinski definition) is 7. The van der Waals surface area contributed by atoms with Gasteiger partial charge in [-0.25, -0.2) is 8.42 Å². The van der Waals surface area contributed by atoms with Gasteiger partial charge in [0.2, 0.25) is 15.9 Å². The summed E-state index contributed by atoms with van der Waals surface area (Å²) in [6.45, 7) is 0.182. The van der Waals surface area contributed by atoms with E-state index in [-0.39, 0.29) is 68.3 Å². The first kappa shape index (κ1) is 25.9. The molecule has 11 nitrogen and oxygen atoms in total. The van der Waals surface area contributed by atoms with Gasteiger partial charge in [-0.2, -0.15) is 22.6 Å². The molecule has 2 N–H and O–H groups in total. The third-order valence-corrected chi connectivity index (χ3v) is 8.10. The lowest BCUT2D eigenvalue weighted by Crippen LogP contribution is -2.43. The van der Waals surface area contributed by atoms with E-state index in [2.05, 4.69) is 15.7 Å². The van der Waals surface area contributed by atoms with E-state index >= 15 is 0 Å². The van der Waals surface area contributed by atoms with Crippen LogP contribution in [0, 0.1) is 16.0 Å². The van der Waals surface area contributed by atoms with E-state index in [9.17, 15) is 36.5 Å². The Morgan fingerprint density at radius 3 is 2.47 bits per heavy atom. The Bertz CT molecular complexity index is 1240. The van der Waals surface area contributed by atoms with Crippen LogP contribution in [0.4, 0.5) is 24.5 Å². The van der Waals surface area contributed by atoms with Crippen molar-refractivity contribution in [3.05, 3.63) is 46.3 Å². The molecule has 1 saturated heterocycles. The fourth-order valence-electron chi connectivity index (χ4n) is 3.98. The lowest BCUT2D eigenvalue weighted by atomic mass is 9.97. The van der Waals surface area contributed by atoms with Gasteiger partial charge in [0.15, 0.2) is 0 Å². The zero-order valence-corrected chi connectivity index (χ0v) is 19.9. The third kappa shape index (κ3) is 5.95. The molecule has 1 saturated carbocycles. The summed E-state index contributed by atoms with van der Waals surface area (Å²) in [5.74, 6) is -0.455. The molecule has 4 rings (SSSR count). The smallest absolute Gasteiger partial charge is 0.382 e. The molecule has 196 valence electrons. The van der Waals surface area contributed by atoms with Crippen LogP contribution in [0.3, 0.4) is 0 Å². The summed E-state index contributed by atoms with van der Waals surface area (Å²) in [4.78, 5) is 21.9. The highest BCUT2D eigenvalue weighted by atomic mass is 32.2. The van der Waals surface area contributed by atoms with E-state index in [4.69, 9.17) is 0 Å². The Hall–Kier alpha value is -3.20. The third-order valence-electron chi connectivity index (χ3n) is 6.16. The SMILES string of the molecule is O=C(NC1CC1)C1CCN(S(=O)(=O)c2cc(C(F)(F)F)ccc2NCCn2cc([N+](=O)[O-])cn2)CC1. The zero-order chi connectivity index (χ0) is 26.1. The van der Waals surface area contributed by atoms with E-state index < -0.39 is 31.6 Å². The summed E-state index contributed by atoms with van der Waals surface area (Å²) in [5, 5.41) is 20.3. The first-order valence-corrected chi connectivity index (χ1v) is 12.8. The van der Waals surface area contributed by atoms with Gasteiger partial charge in [-0.05, 0) is 43.9 Å². The molecule has 2 aromatic rings. The Balaban J connectivity index is 1.49. The Kier molecular flexibility index (Phi) is 7.22. The topological polar surface area (TPSA) is 139 Å². The maximum Gasteiger partial charge on any atom is 0.416 e. The summed E-state index contributed by atoms with van der Waals surface area (Å²) < 4.78 is 69.3. The number of rotatable bonds is 9. The molecule has 0 unspecified atom stereocenters. The van der Waals surface area contributed by atoms with Crippen molar-refractivity contribution < 1.29 is 31.3 Å². The maximum absolute atomic E-state index is 13.4. The molecule has 0 bridgehead atoms. The molecule has 15 heteroatoms. The fourth-order valence-corrected chi connectivity index (χ4v) is 5.64. The minimum Gasteiger partial charge on any atom is -0.382 e.